The molecule has 0 unspecified atom stereocenters. The number of rotatable bonds is 7. The predicted molar refractivity (Wildman–Crippen MR) is 135 cm³/mol. The van der Waals surface area contributed by atoms with E-state index in [1.165, 1.54) is 5.56 Å². The van der Waals surface area contributed by atoms with Crippen molar-refractivity contribution in [3.8, 4) is 5.75 Å². The van der Waals surface area contributed by atoms with Crippen LogP contribution in [0.25, 0.3) is 5.57 Å². The highest BCUT2D eigenvalue weighted by Crippen LogP contribution is 2.27. The number of nitrogens with one attached hydrogen (secondary N) is 2. The monoisotopic (exact) mass is 440 g/mol. The lowest BCUT2D eigenvalue weighted by Crippen LogP contribution is -2.38. The predicted octanol–water partition coefficient (Wildman–Crippen LogP) is 5.45. The van der Waals surface area contributed by atoms with E-state index >= 15 is 0 Å². The summed E-state index contributed by atoms with van der Waals surface area (Å²) in [6, 6.07) is 20.4. The first kappa shape index (κ1) is 22.6. The van der Waals surface area contributed by atoms with Crippen LogP contribution in [0.3, 0.4) is 0 Å². The molecule has 0 spiro atoms. The highest BCUT2D eigenvalue weighted by Gasteiger charge is 2.21. The molecule has 170 valence electrons. The average Bonchev–Trinajstić information content (AvgIpc) is 2.85. The molecule has 0 atom stereocenters. The van der Waals surface area contributed by atoms with Crippen LogP contribution in [-0.2, 0) is 6.61 Å². The van der Waals surface area contributed by atoms with Crippen LogP contribution in [0.4, 0.5) is 0 Å². The van der Waals surface area contributed by atoms with Gasteiger partial charge in [-0.15, -0.1) is 0 Å². The van der Waals surface area contributed by atoms with Crippen molar-refractivity contribution >= 4 is 11.3 Å². The normalized spacial score (nSPS) is 15.2. The maximum absolute atomic E-state index is 8.96. The van der Waals surface area contributed by atoms with Crippen LogP contribution in [0.15, 0.2) is 78.9 Å². The van der Waals surface area contributed by atoms with Crippen LogP contribution in [0.2, 0.25) is 0 Å². The van der Waals surface area contributed by atoms with Gasteiger partial charge in [-0.05, 0) is 53.3 Å². The van der Waals surface area contributed by atoms with Crippen LogP contribution in [0, 0.1) is 5.41 Å². The van der Waals surface area contributed by atoms with Gasteiger partial charge in [-0.3, -0.25) is 10.4 Å². The third kappa shape index (κ3) is 5.43. The minimum Gasteiger partial charge on any atom is -0.489 e. The summed E-state index contributed by atoms with van der Waals surface area (Å²) in [5.74, 6) is 2.33. The molecule has 0 radical (unpaired) electrons. The maximum Gasteiger partial charge on any atom is 0.119 e. The second-order valence-corrected chi connectivity index (χ2v) is 8.75. The molecule has 2 N–H and O–H groups in total. The molecule has 0 bridgehead atoms. The average molecular weight is 441 g/mol. The van der Waals surface area contributed by atoms with Gasteiger partial charge in [0.25, 0.3) is 0 Å². The molecule has 4 rings (SSSR count). The van der Waals surface area contributed by atoms with Gasteiger partial charge in [0.05, 0.1) is 5.71 Å². The Kier molecular flexibility index (Phi) is 7.08. The van der Waals surface area contributed by atoms with Crippen LogP contribution in [0.1, 0.15) is 48.4 Å². The molecule has 1 aromatic heterocycles. The lowest BCUT2D eigenvalue weighted by Gasteiger charge is -2.32. The smallest absolute Gasteiger partial charge is 0.119 e. The number of nitrogens with zero attached hydrogens (tertiary/aromatic N) is 2. The van der Waals surface area contributed by atoms with Gasteiger partial charge in [-0.2, -0.15) is 0 Å². The Morgan fingerprint density at radius 3 is 2.33 bits per heavy atom. The van der Waals surface area contributed by atoms with Gasteiger partial charge in [-0.25, -0.2) is 0 Å². The molecule has 1 aliphatic rings. The summed E-state index contributed by atoms with van der Waals surface area (Å²) in [5.41, 5.74) is 5.69. The van der Waals surface area contributed by atoms with E-state index in [1.54, 1.807) is 12.4 Å². The van der Waals surface area contributed by atoms with E-state index in [2.05, 4.69) is 60.4 Å². The molecule has 1 saturated heterocycles. The fourth-order valence-corrected chi connectivity index (χ4v) is 3.99. The van der Waals surface area contributed by atoms with Gasteiger partial charge in [0, 0.05) is 43.7 Å². The molecule has 5 nitrogen and oxygen atoms in total. The Morgan fingerprint density at radius 1 is 1.00 bits per heavy atom. The number of aromatic nitrogens is 1. The first-order valence-electron chi connectivity index (χ1n) is 11.5. The molecular formula is C28H32N4O. The number of benzene rings is 2. The quantitative estimate of drug-likeness (QED) is 0.480. The molecule has 0 aliphatic carbocycles. The van der Waals surface area contributed by atoms with Gasteiger partial charge < -0.3 is 15.0 Å². The zero-order valence-electron chi connectivity index (χ0n) is 19.6. The second-order valence-electron chi connectivity index (χ2n) is 8.75. The van der Waals surface area contributed by atoms with Crippen molar-refractivity contribution in [3.05, 3.63) is 101 Å². The van der Waals surface area contributed by atoms with Crippen molar-refractivity contribution < 1.29 is 4.74 Å². The third-order valence-corrected chi connectivity index (χ3v) is 6.00. The summed E-state index contributed by atoms with van der Waals surface area (Å²) < 4.78 is 6.03. The molecule has 33 heavy (non-hydrogen) atoms. The van der Waals surface area contributed by atoms with Crippen LogP contribution < -0.4 is 10.1 Å². The van der Waals surface area contributed by atoms with Crippen molar-refractivity contribution in [3.63, 3.8) is 0 Å². The molecular weight excluding hydrogens is 408 g/mol. The first-order valence-corrected chi connectivity index (χ1v) is 11.5. The van der Waals surface area contributed by atoms with Crippen molar-refractivity contribution in [2.24, 2.45) is 0 Å². The van der Waals surface area contributed by atoms with E-state index in [9.17, 15) is 0 Å². The Balaban J connectivity index is 1.56. The first-order chi connectivity index (χ1) is 16.0. The summed E-state index contributed by atoms with van der Waals surface area (Å²) in [7, 11) is 2.07. The molecule has 0 amide bonds. The number of allylic oxidation sites excluding steroid dienone is 1. The van der Waals surface area contributed by atoms with E-state index in [0.29, 0.717) is 18.2 Å². The minimum absolute atomic E-state index is 0.479. The SMILES string of the molecule is CC(C)c1ccc(COc2ccc(/C(C(=N)c3ccncc3)=C3/NCCCN3C)cc2)cc1. The number of hydrogen-bond acceptors (Lipinski definition) is 5. The van der Waals surface area contributed by atoms with Gasteiger partial charge in [0.1, 0.15) is 18.2 Å². The Labute approximate surface area is 196 Å². The third-order valence-electron chi connectivity index (χ3n) is 6.00. The van der Waals surface area contributed by atoms with Crippen LogP contribution in [0.5, 0.6) is 5.75 Å². The topological polar surface area (TPSA) is 61.2 Å². The number of hydrogen-bond donors (Lipinski definition) is 2. The van der Waals surface area contributed by atoms with E-state index in [1.807, 2.05) is 36.4 Å². The summed E-state index contributed by atoms with van der Waals surface area (Å²) in [4.78, 5) is 6.30. The van der Waals surface area contributed by atoms with Crippen molar-refractivity contribution in [2.45, 2.75) is 32.8 Å². The zero-order chi connectivity index (χ0) is 23.2. The molecule has 2 heterocycles. The highest BCUT2D eigenvalue weighted by molar-refractivity contribution is 6.30. The van der Waals surface area contributed by atoms with Gasteiger partial charge in [0.15, 0.2) is 0 Å². The summed E-state index contributed by atoms with van der Waals surface area (Å²) in [5, 5.41) is 12.5. The highest BCUT2D eigenvalue weighted by atomic mass is 16.5. The largest absolute Gasteiger partial charge is 0.489 e. The molecule has 5 heteroatoms. The van der Waals surface area contributed by atoms with Crippen molar-refractivity contribution in [2.75, 3.05) is 20.1 Å². The van der Waals surface area contributed by atoms with Gasteiger partial charge in [-0.1, -0.05) is 50.2 Å². The summed E-state index contributed by atoms with van der Waals surface area (Å²) in [6.45, 7) is 6.80. The zero-order valence-corrected chi connectivity index (χ0v) is 19.6. The van der Waals surface area contributed by atoms with Crippen LogP contribution >= 0.6 is 0 Å². The van der Waals surface area contributed by atoms with E-state index in [4.69, 9.17) is 10.1 Å². The fraction of sp³-hybridized carbons (Fsp3) is 0.286. The Bertz CT molecular complexity index is 1100. The van der Waals surface area contributed by atoms with Gasteiger partial charge in [0.2, 0.25) is 0 Å². The second kappa shape index (κ2) is 10.3. The standard InChI is InChI=1S/C28H32N4O/c1-20(2)22-7-5-21(6-8-22)19-33-25-11-9-23(10-12-25)26(28-31-15-4-18-32(28)3)27(29)24-13-16-30-17-14-24/h5-14,16-17,20,29,31H,4,15,18-19H2,1-3H3/b28-26+,29-27?. The molecule has 2 aromatic carbocycles. The maximum atomic E-state index is 8.96. The minimum atomic E-state index is 0.479. The lowest BCUT2D eigenvalue weighted by molar-refractivity contribution is 0.306. The lowest BCUT2D eigenvalue weighted by atomic mass is 9.95. The molecule has 1 aliphatic heterocycles. The fourth-order valence-electron chi connectivity index (χ4n) is 3.99. The van der Waals surface area contributed by atoms with Crippen LogP contribution in [-0.4, -0.2) is 35.7 Å². The van der Waals surface area contributed by atoms with Crippen molar-refractivity contribution in [1.82, 2.24) is 15.2 Å². The molecule has 0 saturated carbocycles. The van der Waals surface area contributed by atoms with E-state index in [0.717, 1.165) is 53.3 Å². The molecule has 1 fully saturated rings. The Morgan fingerprint density at radius 2 is 1.70 bits per heavy atom. The Hall–Kier alpha value is -3.60. The van der Waals surface area contributed by atoms with E-state index < -0.39 is 0 Å². The molecule has 3 aromatic rings. The number of pyridine rings is 1. The summed E-state index contributed by atoms with van der Waals surface area (Å²) >= 11 is 0. The summed E-state index contributed by atoms with van der Waals surface area (Å²) in [6.07, 6.45) is 4.55. The number of ether oxygens (including phenoxy) is 1. The van der Waals surface area contributed by atoms with Crippen molar-refractivity contribution in [1.29, 1.82) is 5.41 Å². The van der Waals surface area contributed by atoms with Gasteiger partial charge >= 0.3 is 0 Å². The van der Waals surface area contributed by atoms with E-state index in [-0.39, 0.29) is 0 Å².